The Bertz CT molecular complexity index is 622. The number of hydrogen-bond donors (Lipinski definition) is 1. The summed E-state index contributed by atoms with van der Waals surface area (Å²) in [6.07, 6.45) is 4.48. The number of nitrogens with zero attached hydrogens (tertiary/aromatic N) is 2. The van der Waals surface area contributed by atoms with Crippen LogP contribution < -0.4 is 10.5 Å². The molecule has 0 aliphatic carbocycles. The maximum absolute atomic E-state index is 6.31. The fourth-order valence-corrected chi connectivity index (χ4v) is 2.56. The topological polar surface area (TPSA) is 53.1 Å². The van der Waals surface area contributed by atoms with Gasteiger partial charge in [-0.1, -0.05) is 25.4 Å². The van der Waals surface area contributed by atoms with E-state index in [-0.39, 0.29) is 6.04 Å². The Balaban J connectivity index is 2.48. The van der Waals surface area contributed by atoms with Gasteiger partial charge >= 0.3 is 0 Å². The van der Waals surface area contributed by atoms with E-state index >= 15 is 0 Å². The molecule has 2 N–H and O–H groups in total. The van der Waals surface area contributed by atoms with Crippen LogP contribution in [0.4, 0.5) is 0 Å². The molecular formula is C16H22ClN3O. The van der Waals surface area contributed by atoms with Gasteiger partial charge in [-0.05, 0) is 30.9 Å². The van der Waals surface area contributed by atoms with Crippen LogP contribution in [0.2, 0.25) is 5.02 Å². The zero-order valence-electron chi connectivity index (χ0n) is 12.9. The quantitative estimate of drug-likeness (QED) is 0.911. The monoisotopic (exact) mass is 307 g/mol. The molecule has 0 saturated heterocycles. The van der Waals surface area contributed by atoms with Crippen molar-refractivity contribution in [2.45, 2.75) is 33.2 Å². The summed E-state index contributed by atoms with van der Waals surface area (Å²) in [5.74, 6) is 1.23. The van der Waals surface area contributed by atoms with Gasteiger partial charge in [0.2, 0.25) is 0 Å². The van der Waals surface area contributed by atoms with Gasteiger partial charge in [0.05, 0.1) is 31.0 Å². The van der Waals surface area contributed by atoms with E-state index in [0.29, 0.717) is 16.7 Å². The number of rotatable bonds is 5. The molecule has 1 aromatic carbocycles. The molecule has 0 bridgehead atoms. The van der Waals surface area contributed by atoms with Crippen molar-refractivity contribution in [3.05, 3.63) is 40.9 Å². The summed E-state index contributed by atoms with van der Waals surface area (Å²) in [7, 11) is 1.63. The van der Waals surface area contributed by atoms with Gasteiger partial charge in [0, 0.05) is 17.1 Å². The number of ether oxygens (including phenoxy) is 1. The number of aromatic nitrogens is 2. The van der Waals surface area contributed by atoms with E-state index in [1.54, 1.807) is 13.4 Å². The van der Waals surface area contributed by atoms with Gasteiger partial charge in [-0.2, -0.15) is 0 Å². The first-order valence-electron chi connectivity index (χ1n) is 7.06. The smallest absolute Gasteiger partial charge is 0.144 e. The van der Waals surface area contributed by atoms with E-state index in [0.717, 1.165) is 23.4 Å². The number of benzene rings is 1. The van der Waals surface area contributed by atoms with Crippen molar-refractivity contribution in [1.29, 1.82) is 0 Å². The Morgan fingerprint density at radius 1 is 1.38 bits per heavy atom. The molecular weight excluding hydrogens is 286 g/mol. The molecule has 0 saturated carbocycles. The van der Waals surface area contributed by atoms with E-state index in [2.05, 4.69) is 18.8 Å². The molecule has 5 heteroatoms. The highest BCUT2D eigenvalue weighted by molar-refractivity contribution is 6.31. The van der Waals surface area contributed by atoms with Crippen LogP contribution in [0.5, 0.6) is 5.75 Å². The molecule has 0 aliphatic rings. The summed E-state index contributed by atoms with van der Waals surface area (Å²) >= 11 is 6.17. The fourth-order valence-electron chi connectivity index (χ4n) is 2.41. The van der Waals surface area contributed by atoms with Crippen LogP contribution >= 0.6 is 11.6 Å². The SMILES string of the molecule is COc1cc(Cl)c(C)cc1-n1cncc1C(N)CC(C)C. The molecule has 0 amide bonds. The summed E-state index contributed by atoms with van der Waals surface area (Å²) in [5.41, 5.74) is 9.18. The maximum Gasteiger partial charge on any atom is 0.144 e. The minimum absolute atomic E-state index is 0.0619. The number of nitrogens with two attached hydrogens (primary N) is 1. The van der Waals surface area contributed by atoms with Crippen molar-refractivity contribution < 1.29 is 4.74 Å². The first kappa shape index (κ1) is 15.9. The van der Waals surface area contributed by atoms with E-state index in [9.17, 15) is 0 Å². The van der Waals surface area contributed by atoms with Crippen molar-refractivity contribution in [2.24, 2.45) is 11.7 Å². The lowest BCUT2D eigenvalue weighted by molar-refractivity contribution is 0.411. The van der Waals surface area contributed by atoms with Gasteiger partial charge in [-0.3, -0.25) is 4.57 Å². The third-order valence-corrected chi connectivity index (χ3v) is 3.90. The lowest BCUT2D eigenvalue weighted by Crippen LogP contribution is -2.17. The lowest BCUT2D eigenvalue weighted by atomic mass is 10.0. The Morgan fingerprint density at radius 3 is 2.71 bits per heavy atom. The van der Waals surface area contributed by atoms with Crippen molar-refractivity contribution in [1.82, 2.24) is 9.55 Å². The van der Waals surface area contributed by atoms with Gasteiger partial charge in [0.15, 0.2) is 0 Å². The van der Waals surface area contributed by atoms with E-state index in [1.165, 1.54) is 0 Å². The Kier molecular flexibility index (Phi) is 4.91. The summed E-state index contributed by atoms with van der Waals surface area (Å²) in [5, 5.41) is 0.684. The molecule has 2 rings (SSSR count). The van der Waals surface area contributed by atoms with Gasteiger partial charge in [0.1, 0.15) is 5.75 Å². The third-order valence-electron chi connectivity index (χ3n) is 3.49. The third kappa shape index (κ3) is 3.39. The summed E-state index contributed by atoms with van der Waals surface area (Å²) < 4.78 is 7.43. The van der Waals surface area contributed by atoms with Crippen molar-refractivity contribution in [3.8, 4) is 11.4 Å². The zero-order chi connectivity index (χ0) is 15.6. The predicted molar refractivity (Wildman–Crippen MR) is 86.2 cm³/mol. The molecule has 114 valence electrons. The van der Waals surface area contributed by atoms with E-state index in [4.69, 9.17) is 22.1 Å². The van der Waals surface area contributed by atoms with Crippen molar-refractivity contribution in [2.75, 3.05) is 7.11 Å². The molecule has 1 aromatic heterocycles. The molecule has 0 spiro atoms. The average Bonchev–Trinajstić information content (AvgIpc) is 2.89. The molecule has 1 heterocycles. The minimum Gasteiger partial charge on any atom is -0.495 e. The van der Waals surface area contributed by atoms with Gasteiger partial charge < -0.3 is 10.5 Å². The largest absolute Gasteiger partial charge is 0.495 e. The second kappa shape index (κ2) is 6.50. The standard InChI is InChI=1S/C16H22ClN3O/c1-10(2)5-13(18)15-8-19-9-20(15)14-6-11(3)12(17)7-16(14)21-4/h6-10,13H,5,18H2,1-4H3. The minimum atomic E-state index is -0.0619. The maximum atomic E-state index is 6.31. The lowest BCUT2D eigenvalue weighted by Gasteiger charge is -2.18. The van der Waals surface area contributed by atoms with Crippen LogP contribution in [0.25, 0.3) is 5.69 Å². The number of hydrogen-bond acceptors (Lipinski definition) is 3. The average molecular weight is 308 g/mol. The highest BCUT2D eigenvalue weighted by Gasteiger charge is 2.17. The highest BCUT2D eigenvalue weighted by Crippen LogP contribution is 2.32. The van der Waals surface area contributed by atoms with Crippen LogP contribution in [-0.4, -0.2) is 16.7 Å². The number of aryl methyl sites for hydroxylation is 1. The van der Waals surface area contributed by atoms with Crippen LogP contribution in [0, 0.1) is 12.8 Å². The molecule has 21 heavy (non-hydrogen) atoms. The van der Waals surface area contributed by atoms with Crippen LogP contribution in [0.3, 0.4) is 0 Å². The number of imidazole rings is 1. The predicted octanol–water partition coefficient (Wildman–Crippen LogP) is 3.89. The molecule has 1 unspecified atom stereocenters. The van der Waals surface area contributed by atoms with Gasteiger partial charge in [-0.25, -0.2) is 4.98 Å². The molecule has 0 radical (unpaired) electrons. The van der Waals surface area contributed by atoms with Crippen LogP contribution in [-0.2, 0) is 0 Å². The second-order valence-electron chi connectivity index (χ2n) is 5.70. The molecule has 2 aromatic rings. The Hall–Kier alpha value is -1.52. The van der Waals surface area contributed by atoms with Gasteiger partial charge in [0.25, 0.3) is 0 Å². The van der Waals surface area contributed by atoms with E-state index < -0.39 is 0 Å². The highest BCUT2D eigenvalue weighted by atomic mass is 35.5. The van der Waals surface area contributed by atoms with Crippen LogP contribution in [0.15, 0.2) is 24.7 Å². The Labute approximate surface area is 130 Å². The number of methoxy groups -OCH3 is 1. The molecule has 0 fully saturated rings. The zero-order valence-corrected chi connectivity index (χ0v) is 13.7. The summed E-state index contributed by atoms with van der Waals surface area (Å²) in [6, 6.07) is 3.76. The fraction of sp³-hybridized carbons (Fsp3) is 0.438. The number of halogens is 1. The molecule has 4 nitrogen and oxygen atoms in total. The summed E-state index contributed by atoms with van der Waals surface area (Å²) in [4.78, 5) is 4.25. The van der Waals surface area contributed by atoms with Crippen LogP contribution in [0.1, 0.15) is 37.6 Å². The summed E-state index contributed by atoms with van der Waals surface area (Å²) in [6.45, 7) is 6.29. The molecule has 1 atom stereocenters. The van der Waals surface area contributed by atoms with E-state index in [1.807, 2.05) is 29.8 Å². The Morgan fingerprint density at radius 2 is 2.10 bits per heavy atom. The van der Waals surface area contributed by atoms with Crippen molar-refractivity contribution in [3.63, 3.8) is 0 Å². The first-order valence-corrected chi connectivity index (χ1v) is 7.44. The molecule has 0 aliphatic heterocycles. The second-order valence-corrected chi connectivity index (χ2v) is 6.10. The normalized spacial score (nSPS) is 12.7. The first-order chi connectivity index (χ1) is 9.93. The van der Waals surface area contributed by atoms with Gasteiger partial charge in [-0.15, -0.1) is 0 Å². The van der Waals surface area contributed by atoms with Crippen molar-refractivity contribution >= 4 is 11.6 Å².